The van der Waals surface area contributed by atoms with Crippen LogP contribution in [-0.2, 0) is 33.2 Å². The molecular weight excluding hydrogens is 664 g/mol. The van der Waals surface area contributed by atoms with Crippen LogP contribution in [0.1, 0.15) is 94.9 Å². The third-order valence-corrected chi connectivity index (χ3v) is 11.7. The number of nitrogens with one attached hydrogen (secondary N) is 1. The first kappa shape index (κ1) is 44.4. The van der Waals surface area contributed by atoms with Crippen molar-refractivity contribution in [2.75, 3.05) is 27.7 Å². The van der Waals surface area contributed by atoms with Gasteiger partial charge in [0.05, 0.1) is 41.5 Å². The average molecular weight is 735 g/mol. The molecule has 14 nitrogen and oxygen atoms in total. The maximum Gasteiger partial charge on any atom is 0.311 e. The molecular formula is C37H70N2O12. The molecule has 6 N–H and O–H groups in total. The fourth-order valence-electron chi connectivity index (χ4n) is 8.36. The molecule has 3 aliphatic heterocycles. The second-order valence-electron chi connectivity index (χ2n) is 16.7. The molecule has 0 amide bonds. The van der Waals surface area contributed by atoms with E-state index in [-0.39, 0.29) is 37.3 Å². The van der Waals surface area contributed by atoms with Crippen molar-refractivity contribution in [1.29, 1.82) is 0 Å². The van der Waals surface area contributed by atoms with Crippen LogP contribution >= 0.6 is 0 Å². The zero-order chi connectivity index (χ0) is 38.8. The minimum atomic E-state index is -1.80. The predicted molar refractivity (Wildman–Crippen MR) is 190 cm³/mol. The quantitative estimate of drug-likeness (QED) is 0.207. The van der Waals surface area contributed by atoms with Crippen molar-refractivity contribution < 1.29 is 58.7 Å². The molecule has 0 unspecified atom stereocenters. The molecule has 0 aromatic carbocycles. The van der Waals surface area contributed by atoms with Gasteiger partial charge in [-0.05, 0) is 94.3 Å². The van der Waals surface area contributed by atoms with E-state index >= 15 is 0 Å². The molecule has 0 aromatic heterocycles. The average Bonchev–Trinajstić information content (AvgIpc) is 3.05. The summed E-state index contributed by atoms with van der Waals surface area (Å²) >= 11 is 0. The van der Waals surface area contributed by atoms with Crippen LogP contribution in [0.4, 0.5) is 0 Å². The lowest BCUT2D eigenvalue weighted by Crippen LogP contribution is -2.60. The Balaban J connectivity index is 2.15. The number of carbonyl (C=O) groups excluding carboxylic acids is 1. The molecule has 18 atom stereocenters. The van der Waals surface area contributed by atoms with E-state index in [1.54, 1.807) is 41.5 Å². The van der Waals surface area contributed by atoms with E-state index in [0.717, 1.165) is 0 Å². The minimum absolute atomic E-state index is 0.132. The number of aliphatic hydroxyl groups excluding tert-OH is 3. The number of likely N-dealkylation sites (N-methyl/N-ethyl adjacent to an activating group) is 1. The van der Waals surface area contributed by atoms with Crippen LogP contribution in [0.15, 0.2) is 0 Å². The third-order valence-electron chi connectivity index (χ3n) is 11.7. The lowest BCUT2D eigenvalue weighted by Gasteiger charge is -2.48. The van der Waals surface area contributed by atoms with E-state index in [9.17, 15) is 30.3 Å². The first-order chi connectivity index (χ1) is 23.5. The Morgan fingerprint density at radius 2 is 1.57 bits per heavy atom. The van der Waals surface area contributed by atoms with Gasteiger partial charge in [0.15, 0.2) is 12.6 Å². The predicted octanol–water partition coefficient (Wildman–Crippen LogP) is 1.56. The molecule has 300 valence electrons. The number of hydrogen-bond donors (Lipinski definition) is 6. The Labute approximate surface area is 305 Å². The summed E-state index contributed by atoms with van der Waals surface area (Å²) in [6.07, 6.45) is -8.22. The number of hydrogen-bond acceptors (Lipinski definition) is 14. The molecule has 3 heterocycles. The maximum absolute atomic E-state index is 14.1. The first-order valence-electron chi connectivity index (χ1n) is 18.8. The molecule has 0 saturated carbocycles. The third kappa shape index (κ3) is 10.2. The summed E-state index contributed by atoms with van der Waals surface area (Å²) < 4.78 is 37.4. The number of rotatable bonds is 7. The van der Waals surface area contributed by atoms with Gasteiger partial charge in [-0.25, -0.2) is 0 Å². The highest BCUT2D eigenvalue weighted by Gasteiger charge is 2.52. The van der Waals surface area contributed by atoms with E-state index in [2.05, 4.69) is 5.32 Å². The highest BCUT2D eigenvalue weighted by molar-refractivity contribution is 5.73. The van der Waals surface area contributed by atoms with Crippen LogP contribution in [-0.4, -0.2) is 154 Å². The zero-order valence-corrected chi connectivity index (χ0v) is 33.2. The first-order valence-corrected chi connectivity index (χ1v) is 18.8. The Kier molecular flexibility index (Phi) is 15.3. The second kappa shape index (κ2) is 17.6. The molecule has 0 bridgehead atoms. The zero-order valence-electron chi connectivity index (χ0n) is 33.2. The van der Waals surface area contributed by atoms with E-state index < -0.39 is 96.0 Å². The molecule has 3 aliphatic rings. The van der Waals surface area contributed by atoms with Gasteiger partial charge < -0.3 is 64.2 Å². The van der Waals surface area contributed by atoms with Crippen LogP contribution in [0.5, 0.6) is 0 Å². The van der Waals surface area contributed by atoms with Gasteiger partial charge in [-0.15, -0.1) is 0 Å². The van der Waals surface area contributed by atoms with Crippen molar-refractivity contribution in [1.82, 2.24) is 10.2 Å². The highest BCUT2D eigenvalue weighted by atomic mass is 16.7. The lowest BCUT2D eigenvalue weighted by molar-refractivity contribution is -0.318. The molecule has 14 heteroatoms. The molecule has 3 saturated heterocycles. The Hall–Kier alpha value is -1.01. The smallest absolute Gasteiger partial charge is 0.311 e. The fourth-order valence-corrected chi connectivity index (χ4v) is 8.36. The second-order valence-corrected chi connectivity index (χ2v) is 16.7. The van der Waals surface area contributed by atoms with E-state index in [1.807, 2.05) is 39.8 Å². The highest BCUT2D eigenvalue weighted by Crippen LogP contribution is 2.40. The van der Waals surface area contributed by atoms with Gasteiger partial charge in [0.25, 0.3) is 0 Å². The summed E-state index contributed by atoms with van der Waals surface area (Å²) in [6, 6.07) is -0.858. The van der Waals surface area contributed by atoms with Crippen molar-refractivity contribution in [3.8, 4) is 0 Å². The van der Waals surface area contributed by atoms with Gasteiger partial charge in [0.2, 0.25) is 0 Å². The summed E-state index contributed by atoms with van der Waals surface area (Å²) in [6.45, 7) is 17.8. The molecule has 0 aromatic rings. The molecule has 0 aliphatic carbocycles. The molecule has 3 rings (SSSR count). The number of nitrogens with zero attached hydrogens (tertiary/aromatic N) is 1. The number of carbonyl (C=O) groups is 1. The largest absolute Gasteiger partial charge is 0.459 e. The number of aliphatic hydroxyl groups is 5. The van der Waals surface area contributed by atoms with Crippen molar-refractivity contribution in [3.05, 3.63) is 0 Å². The van der Waals surface area contributed by atoms with Gasteiger partial charge in [-0.2, -0.15) is 0 Å². The van der Waals surface area contributed by atoms with Crippen LogP contribution < -0.4 is 5.32 Å². The summed E-state index contributed by atoms with van der Waals surface area (Å²) in [7, 11) is 5.27. The number of esters is 1. The number of methoxy groups -OCH3 is 1. The van der Waals surface area contributed by atoms with Crippen molar-refractivity contribution in [3.63, 3.8) is 0 Å². The van der Waals surface area contributed by atoms with Gasteiger partial charge >= 0.3 is 5.97 Å². The molecule has 3 fully saturated rings. The standard InChI is InChI=1S/C37H70N2O12/c1-14-26-37(10,45)30(41)23(6)38-18-19(2)16-35(8,44)32(51-34-28(40)25(39(11)12)15-20(3)47-34)21(4)29(22(5)33(43)49-26)50-27-17-36(9,46-13)31(42)24(7)48-27/h19-32,34,38,40-42,44-45H,14-18H2,1-13H3/t19-,20-,21+,22-,23-,24+,25+,26-,27+,28-,29+,30-,31-,32-,34+,35-,36+,37-/m1/s1. The Morgan fingerprint density at radius 1 is 0.941 bits per heavy atom. The van der Waals surface area contributed by atoms with Crippen molar-refractivity contribution >= 4 is 5.97 Å². The van der Waals surface area contributed by atoms with Crippen LogP contribution in [0.2, 0.25) is 0 Å². The SMILES string of the molecule is CC[C@H]1OC(=O)[C@H](C)[C@@H](O[C@H]2C[C@](C)(OC)[C@H](O)[C@H](C)O2)[C@H](C)[C@@H](O[C@@H]2O[C@H](C)C[C@H](N(C)C)[C@H]2O)[C@](C)(O)C[C@@H](C)CN[C@H](C)[C@@H](O)[C@]1(C)O. The van der Waals surface area contributed by atoms with Crippen molar-refractivity contribution in [2.45, 2.75) is 185 Å². The monoisotopic (exact) mass is 734 g/mol. The van der Waals surface area contributed by atoms with Gasteiger partial charge in [0, 0.05) is 31.5 Å². The van der Waals surface area contributed by atoms with Crippen molar-refractivity contribution in [2.24, 2.45) is 17.8 Å². The lowest BCUT2D eigenvalue weighted by atomic mass is 9.77. The van der Waals surface area contributed by atoms with Gasteiger partial charge in [-0.1, -0.05) is 20.8 Å². The van der Waals surface area contributed by atoms with Crippen LogP contribution in [0.25, 0.3) is 0 Å². The Morgan fingerprint density at radius 3 is 2.14 bits per heavy atom. The summed E-state index contributed by atoms with van der Waals surface area (Å²) in [5.74, 6) is -2.60. The van der Waals surface area contributed by atoms with E-state index in [0.29, 0.717) is 13.0 Å². The molecule has 0 spiro atoms. The summed E-state index contributed by atoms with van der Waals surface area (Å²) in [4.78, 5) is 16.1. The van der Waals surface area contributed by atoms with Crippen LogP contribution in [0, 0.1) is 17.8 Å². The number of cyclic esters (lactones) is 1. The Bertz CT molecular complexity index is 1110. The van der Waals surface area contributed by atoms with Crippen LogP contribution in [0.3, 0.4) is 0 Å². The van der Waals surface area contributed by atoms with E-state index in [1.165, 1.54) is 14.0 Å². The molecule has 51 heavy (non-hydrogen) atoms. The summed E-state index contributed by atoms with van der Waals surface area (Å²) in [5, 5.41) is 60.9. The normalized spacial score (nSPS) is 49.9. The van der Waals surface area contributed by atoms with Gasteiger partial charge in [0.1, 0.15) is 30.0 Å². The minimum Gasteiger partial charge on any atom is -0.459 e. The summed E-state index contributed by atoms with van der Waals surface area (Å²) in [5.41, 5.74) is -4.37. The molecule has 0 radical (unpaired) electrons. The number of ether oxygens (including phenoxy) is 6. The van der Waals surface area contributed by atoms with Gasteiger partial charge in [-0.3, -0.25) is 4.79 Å². The maximum atomic E-state index is 14.1. The topological polar surface area (TPSA) is 189 Å². The van der Waals surface area contributed by atoms with E-state index in [4.69, 9.17) is 28.4 Å². The fraction of sp³-hybridized carbons (Fsp3) is 0.973.